The maximum Gasteiger partial charge on any atom is 0.250 e. The van der Waals surface area contributed by atoms with E-state index < -0.39 is 0 Å². The Morgan fingerprint density at radius 1 is 1.76 bits per heavy atom. The number of amides is 1. The van der Waals surface area contributed by atoms with Crippen molar-refractivity contribution in [1.29, 1.82) is 0 Å². The Morgan fingerprint density at radius 2 is 2.65 bits per heavy atom. The van der Waals surface area contributed by atoms with Gasteiger partial charge in [-0.25, -0.2) is 0 Å². The number of carbonyl (C=O) groups excluding carboxylic acids is 1. The van der Waals surface area contributed by atoms with Crippen LogP contribution < -0.4 is 10.6 Å². The summed E-state index contributed by atoms with van der Waals surface area (Å²) in [5.74, 6) is -0.0546. The van der Waals surface area contributed by atoms with Crippen molar-refractivity contribution in [2.24, 2.45) is 0 Å². The summed E-state index contributed by atoms with van der Waals surface area (Å²) in [4.78, 5) is 11.7. The first kappa shape index (κ1) is 12.1. The first-order valence-corrected chi connectivity index (χ1v) is 5.85. The number of ether oxygens (including phenoxy) is 1. The molecule has 1 amide bonds. The minimum Gasteiger partial charge on any atom is -0.366 e. The van der Waals surface area contributed by atoms with E-state index in [1.807, 2.05) is 17.8 Å². The van der Waals surface area contributed by atoms with Crippen LogP contribution in [0.1, 0.15) is 5.56 Å². The highest BCUT2D eigenvalue weighted by molar-refractivity contribution is 5.81. The van der Waals surface area contributed by atoms with E-state index in [1.165, 1.54) is 0 Å². The Balaban J connectivity index is 1.69. The van der Waals surface area contributed by atoms with Crippen molar-refractivity contribution in [3.8, 4) is 0 Å². The molecule has 2 N–H and O–H groups in total. The SMILES string of the molecule is Cc1cnn(CCNC(=O)C2CNCCO2)c1. The van der Waals surface area contributed by atoms with Crippen LogP contribution in [0.5, 0.6) is 0 Å². The van der Waals surface area contributed by atoms with Gasteiger partial charge in [-0.15, -0.1) is 0 Å². The molecule has 2 heterocycles. The van der Waals surface area contributed by atoms with Gasteiger partial charge in [0.2, 0.25) is 0 Å². The van der Waals surface area contributed by atoms with Crippen molar-refractivity contribution in [3.05, 3.63) is 18.0 Å². The highest BCUT2D eigenvalue weighted by Crippen LogP contribution is 1.96. The topological polar surface area (TPSA) is 68.2 Å². The molecular weight excluding hydrogens is 220 g/mol. The van der Waals surface area contributed by atoms with E-state index in [1.54, 1.807) is 6.20 Å². The Morgan fingerprint density at radius 3 is 3.29 bits per heavy atom. The molecule has 1 saturated heterocycles. The minimum absolute atomic E-state index is 0.0546. The summed E-state index contributed by atoms with van der Waals surface area (Å²) < 4.78 is 7.16. The van der Waals surface area contributed by atoms with Gasteiger partial charge in [-0.1, -0.05) is 0 Å². The molecule has 0 radical (unpaired) electrons. The molecule has 17 heavy (non-hydrogen) atoms. The average molecular weight is 238 g/mol. The van der Waals surface area contributed by atoms with E-state index in [9.17, 15) is 4.79 Å². The Kier molecular flexibility index (Phi) is 4.11. The van der Waals surface area contributed by atoms with Crippen LogP contribution >= 0.6 is 0 Å². The van der Waals surface area contributed by atoms with E-state index >= 15 is 0 Å². The molecule has 1 aliphatic heterocycles. The maximum absolute atomic E-state index is 11.7. The monoisotopic (exact) mass is 238 g/mol. The molecule has 2 rings (SSSR count). The van der Waals surface area contributed by atoms with Crippen LogP contribution in [0.4, 0.5) is 0 Å². The lowest BCUT2D eigenvalue weighted by Crippen LogP contribution is -2.48. The van der Waals surface area contributed by atoms with Gasteiger partial charge in [0.1, 0.15) is 6.10 Å². The molecule has 0 bridgehead atoms. The summed E-state index contributed by atoms with van der Waals surface area (Å²) in [6.45, 7) is 5.24. The number of aromatic nitrogens is 2. The molecule has 6 heteroatoms. The van der Waals surface area contributed by atoms with Gasteiger partial charge in [0.05, 0.1) is 19.3 Å². The van der Waals surface area contributed by atoms with Crippen molar-refractivity contribution in [3.63, 3.8) is 0 Å². The predicted molar refractivity (Wildman–Crippen MR) is 62.6 cm³/mol. The molecule has 1 atom stereocenters. The number of aryl methyl sites for hydroxylation is 1. The van der Waals surface area contributed by atoms with Gasteiger partial charge < -0.3 is 15.4 Å². The highest BCUT2D eigenvalue weighted by atomic mass is 16.5. The average Bonchev–Trinajstić information content (AvgIpc) is 2.76. The van der Waals surface area contributed by atoms with Crippen molar-refractivity contribution in [2.75, 3.05) is 26.2 Å². The summed E-state index contributed by atoms with van der Waals surface area (Å²) in [6, 6.07) is 0. The summed E-state index contributed by atoms with van der Waals surface area (Å²) in [5, 5.41) is 10.1. The fourth-order valence-electron chi connectivity index (χ4n) is 1.73. The van der Waals surface area contributed by atoms with Crippen LogP contribution in [0.3, 0.4) is 0 Å². The minimum atomic E-state index is -0.358. The molecular formula is C11H18N4O2. The zero-order valence-electron chi connectivity index (χ0n) is 9.98. The zero-order valence-corrected chi connectivity index (χ0v) is 9.98. The normalized spacial score (nSPS) is 20.2. The van der Waals surface area contributed by atoms with E-state index in [2.05, 4.69) is 15.7 Å². The molecule has 1 aliphatic rings. The summed E-state index contributed by atoms with van der Waals surface area (Å²) in [7, 11) is 0. The molecule has 1 fully saturated rings. The quantitative estimate of drug-likeness (QED) is 0.727. The van der Waals surface area contributed by atoms with Crippen LogP contribution in [-0.2, 0) is 16.1 Å². The number of hydrogen-bond acceptors (Lipinski definition) is 4. The number of morpholine rings is 1. The van der Waals surface area contributed by atoms with Crippen molar-refractivity contribution >= 4 is 5.91 Å². The number of nitrogens with one attached hydrogen (secondary N) is 2. The standard InChI is InChI=1S/C11H18N4O2/c1-9-6-14-15(8-9)4-2-13-11(16)10-7-12-3-5-17-10/h6,8,10,12H,2-5,7H2,1H3,(H,13,16). The third-order valence-corrected chi connectivity index (χ3v) is 2.62. The van der Waals surface area contributed by atoms with Gasteiger partial charge in [-0.3, -0.25) is 9.48 Å². The Labute approximate surface area is 100 Å². The Bertz CT molecular complexity index is 371. The summed E-state index contributed by atoms with van der Waals surface area (Å²) in [6.07, 6.45) is 3.39. The number of carbonyl (C=O) groups is 1. The second-order valence-electron chi connectivity index (χ2n) is 4.14. The van der Waals surface area contributed by atoms with E-state index in [4.69, 9.17) is 4.74 Å². The van der Waals surface area contributed by atoms with E-state index in [-0.39, 0.29) is 12.0 Å². The summed E-state index contributed by atoms with van der Waals surface area (Å²) in [5.41, 5.74) is 1.12. The number of hydrogen-bond donors (Lipinski definition) is 2. The van der Waals surface area contributed by atoms with Gasteiger partial charge in [-0.05, 0) is 12.5 Å². The molecule has 0 aliphatic carbocycles. The molecule has 6 nitrogen and oxygen atoms in total. The lowest BCUT2D eigenvalue weighted by molar-refractivity contribution is -0.134. The predicted octanol–water partition coefficient (Wildman–Crippen LogP) is -0.704. The smallest absolute Gasteiger partial charge is 0.250 e. The lowest BCUT2D eigenvalue weighted by atomic mass is 10.3. The van der Waals surface area contributed by atoms with E-state index in [0.29, 0.717) is 26.2 Å². The molecule has 1 unspecified atom stereocenters. The van der Waals surface area contributed by atoms with Gasteiger partial charge >= 0.3 is 0 Å². The van der Waals surface area contributed by atoms with Gasteiger partial charge in [0.25, 0.3) is 5.91 Å². The van der Waals surface area contributed by atoms with Crippen LogP contribution in [0.2, 0.25) is 0 Å². The lowest BCUT2D eigenvalue weighted by Gasteiger charge is -2.22. The molecule has 0 saturated carbocycles. The van der Waals surface area contributed by atoms with Crippen LogP contribution in [0.25, 0.3) is 0 Å². The van der Waals surface area contributed by atoms with Crippen molar-refractivity contribution < 1.29 is 9.53 Å². The van der Waals surface area contributed by atoms with Gasteiger partial charge in [-0.2, -0.15) is 5.10 Å². The molecule has 1 aromatic heterocycles. The fourth-order valence-corrected chi connectivity index (χ4v) is 1.73. The van der Waals surface area contributed by atoms with Gasteiger partial charge in [0, 0.05) is 25.8 Å². The van der Waals surface area contributed by atoms with Crippen molar-refractivity contribution in [1.82, 2.24) is 20.4 Å². The molecule has 0 spiro atoms. The second-order valence-corrected chi connectivity index (χ2v) is 4.14. The third-order valence-electron chi connectivity index (χ3n) is 2.62. The highest BCUT2D eigenvalue weighted by Gasteiger charge is 2.20. The maximum atomic E-state index is 11.7. The van der Waals surface area contributed by atoms with Crippen LogP contribution in [-0.4, -0.2) is 48.0 Å². The fraction of sp³-hybridized carbons (Fsp3) is 0.636. The number of rotatable bonds is 4. The molecule has 94 valence electrons. The second kappa shape index (κ2) is 5.79. The largest absolute Gasteiger partial charge is 0.366 e. The molecule has 0 aromatic carbocycles. The molecule has 1 aromatic rings. The summed E-state index contributed by atoms with van der Waals surface area (Å²) >= 11 is 0. The van der Waals surface area contributed by atoms with E-state index in [0.717, 1.165) is 12.1 Å². The van der Waals surface area contributed by atoms with Crippen LogP contribution in [0.15, 0.2) is 12.4 Å². The van der Waals surface area contributed by atoms with Crippen molar-refractivity contribution in [2.45, 2.75) is 19.6 Å². The Hall–Kier alpha value is -1.40. The number of nitrogens with zero attached hydrogens (tertiary/aromatic N) is 2. The van der Waals surface area contributed by atoms with Gasteiger partial charge in [0.15, 0.2) is 0 Å². The zero-order chi connectivity index (χ0) is 12.1. The first-order chi connectivity index (χ1) is 8.25. The third kappa shape index (κ3) is 3.54. The van der Waals surface area contributed by atoms with Crippen LogP contribution in [0, 0.1) is 6.92 Å². The first-order valence-electron chi connectivity index (χ1n) is 5.85.